The van der Waals surface area contributed by atoms with Crippen molar-refractivity contribution in [3.8, 4) is 0 Å². The SMILES string of the molecule is C=Cn1cccc1.C=Cn1ccnc1. The van der Waals surface area contributed by atoms with Crippen molar-refractivity contribution in [2.24, 2.45) is 0 Å². The Balaban J connectivity index is 0.000000140. The Morgan fingerprint density at radius 3 is 1.86 bits per heavy atom. The molecule has 2 rings (SSSR count). The van der Waals surface area contributed by atoms with Crippen LogP contribution in [0.25, 0.3) is 12.4 Å². The molecule has 0 aromatic carbocycles. The molecular weight excluding hydrogens is 174 g/mol. The number of imidazole rings is 1. The molecule has 3 heteroatoms. The Hall–Kier alpha value is -2.03. The molecule has 72 valence electrons. The third-order valence-corrected chi connectivity index (χ3v) is 1.57. The van der Waals surface area contributed by atoms with Gasteiger partial charge in [-0.05, 0) is 12.1 Å². The number of rotatable bonds is 2. The molecule has 0 saturated heterocycles. The summed E-state index contributed by atoms with van der Waals surface area (Å²) in [5, 5.41) is 0. The summed E-state index contributed by atoms with van der Waals surface area (Å²) in [5.41, 5.74) is 0. The lowest BCUT2D eigenvalue weighted by Gasteiger charge is -1.82. The van der Waals surface area contributed by atoms with Crippen molar-refractivity contribution in [1.29, 1.82) is 0 Å². The molecule has 0 N–H and O–H groups in total. The van der Waals surface area contributed by atoms with E-state index in [1.54, 1.807) is 29.5 Å². The second-order valence-corrected chi connectivity index (χ2v) is 2.51. The monoisotopic (exact) mass is 187 g/mol. The summed E-state index contributed by atoms with van der Waals surface area (Å²) in [4.78, 5) is 3.78. The van der Waals surface area contributed by atoms with Crippen LogP contribution >= 0.6 is 0 Å². The molecule has 3 nitrogen and oxygen atoms in total. The second kappa shape index (κ2) is 5.59. The van der Waals surface area contributed by atoms with Gasteiger partial charge in [0.15, 0.2) is 0 Å². The molecule has 0 fully saturated rings. The van der Waals surface area contributed by atoms with E-state index < -0.39 is 0 Å². The van der Waals surface area contributed by atoms with Gasteiger partial charge in [-0.3, -0.25) is 0 Å². The fourth-order valence-corrected chi connectivity index (χ4v) is 0.847. The van der Waals surface area contributed by atoms with Crippen LogP contribution in [0.4, 0.5) is 0 Å². The minimum atomic E-state index is 1.69. The average molecular weight is 187 g/mol. The van der Waals surface area contributed by atoms with E-state index in [-0.39, 0.29) is 0 Å². The van der Waals surface area contributed by atoms with E-state index in [9.17, 15) is 0 Å². The van der Waals surface area contributed by atoms with E-state index in [2.05, 4.69) is 18.1 Å². The van der Waals surface area contributed by atoms with E-state index >= 15 is 0 Å². The third-order valence-electron chi connectivity index (χ3n) is 1.57. The van der Waals surface area contributed by atoms with Gasteiger partial charge in [0.2, 0.25) is 0 Å². The van der Waals surface area contributed by atoms with Crippen LogP contribution in [-0.2, 0) is 0 Å². The first-order chi connectivity index (χ1) is 6.86. The Bertz CT molecular complexity index is 319. The molecule has 0 aliphatic carbocycles. The maximum Gasteiger partial charge on any atom is 0.0986 e. The van der Waals surface area contributed by atoms with Crippen LogP contribution in [0.1, 0.15) is 0 Å². The Kier molecular flexibility index (Phi) is 4.01. The molecule has 0 amide bonds. The van der Waals surface area contributed by atoms with Crippen LogP contribution in [0.3, 0.4) is 0 Å². The highest BCUT2D eigenvalue weighted by atomic mass is 15.0. The molecule has 0 bridgehead atoms. The molecule has 2 heterocycles. The van der Waals surface area contributed by atoms with Crippen LogP contribution in [0.5, 0.6) is 0 Å². The van der Waals surface area contributed by atoms with Crippen LogP contribution < -0.4 is 0 Å². The minimum Gasteiger partial charge on any atom is -0.331 e. The van der Waals surface area contributed by atoms with Gasteiger partial charge in [-0.1, -0.05) is 13.2 Å². The highest BCUT2D eigenvalue weighted by molar-refractivity contribution is 5.17. The predicted molar refractivity (Wildman–Crippen MR) is 59.4 cm³/mol. The standard InChI is InChI=1S/C6H7N.C5H6N2/c1-2-7-5-3-4-6-7;1-2-7-4-3-6-5-7/h2-6H,1H2;2-5H,1H2. The van der Waals surface area contributed by atoms with Crippen LogP contribution in [0.15, 0.2) is 56.4 Å². The first kappa shape index (κ1) is 10.1. The van der Waals surface area contributed by atoms with Gasteiger partial charge < -0.3 is 9.13 Å². The summed E-state index contributed by atoms with van der Waals surface area (Å²) in [7, 11) is 0. The van der Waals surface area contributed by atoms with Crippen molar-refractivity contribution in [2.75, 3.05) is 0 Å². The lowest BCUT2D eigenvalue weighted by molar-refractivity contribution is 1.14. The molecule has 0 unspecified atom stereocenters. The highest BCUT2D eigenvalue weighted by Crippen LogP contribution is 1.86. The molecule has 0 spiro atoms. The molecule has 2 aromatic heterocycles. The fourth-order valence-electron chi connectivity index (χ4n) is 0.847. The molecule has 0 atom stereocenters. The Morgan fingerprint density at radius 1 is 0.929 bits per heavy atom. The van der Waals surface area contributed by atoms with E-state index in [1.807, 2.05) is 35.3 Å². The summed E-state index contributed by atoms with van der Waals surface area (Å²) in [6, 6.07) is 3.92. The number of aromatic nitrogens is 3. The molecular formula is C11H13N3. The van der Waals surface area contributed by atoms with Gasteiger partial charge in [0, 0.05) is 37.2 Å². The summed E-state index contributed by atoms with van der Waals surface area (Å²) < 4.78 is 3.67. The van der Waals surface area contributed by atoms with Crippen LogP contribution in [-0.4, -0.2) is 14.1 Å². The molecule has 0 aliphatic rings. The zero-order chi connectivity index (χ0) is 10.2. The van der Waals surface area contributed by atoms with E-state index in [0.29, 0.717) is 0 Å². The predicted octanol–water partition coefficient (Wildman–Crippen LogP) is 2.57. The van der Waals surface area contributed by atoms with Crippen molar-refractivity contribution in [2.45, 2.75) is 0 Å². The zero-order valence-corrected chi connectivity index (χ0v) is 7.95. The van der Waals surface area contributed by atoms with Crippen molar-refractivity contribution >= 4 is 12.4 Å². The Labute approximate surface area is 83.6 Å². The van der Waals surface area contributed by atoms with Crippen molar-refractivity contribution in [1.82, 2.24) is 14.1 Å². The normalized spacial score (nSPS) is 8.57. The Morgan fingerprint density at radius 2 is 1.57 bits per heavy atom. The smallest absolute Gasteiger partial charge is 0.0986 e. The van der Waals surface area contributed by atoms with Gasteiger partial charge in [0.25, 0.3) is 0 Å². The summed E-state index contributed by atoms with van der Waals surface area (Å²) in [6.07, 6.45) is 12.5. The quantitative estimate of drug-likeness (QED) is 0.708. The summed E-state index contributed by atoms with van der Waals surface area (Å²) in [6.45, 7) is 7.09. The highest BCUT2D eigenvalue weighted by Gasteiger charge is 1.73. The lowest BCUT2D eigenvalue weighted by atomic mass is 10.7. The van der Waals surface area contributed by atoms with E-state index in [0.717, 1.165) is 0 Å². The average Bonchev–Trinajstić information content (AvgIpc) is 2.92. The largest absolute Gasteiger partial charge is 0.331 e. The van der Waals surface area contributed by atoms with Gasteiger partial charge in [-0.2, -0.15) is 0 Å². The minimum absolute atomic E-state index is 1.69. The van der Waals surface area contributed by atoms with Gasteiger partial charge >= 0.3 is 0 Å². The third kappa shape index (κ3) is 3.15. The molecule has 14 heavy (non-hydrogen) atoms. The van der Waals surface area contributed by atoms with Gasteiger partial charge in [-0.25, -0.2) is 4.98 Å². The van der Waals surface area contributed by atoms with E-state index in [4.69, 9.17) is 0 Å². The van der Waals surface area contributed by atoms with Gasteiger partial charge in [0.05, 0.1) is 6.33 Å². The molecule has 0 radical (unpaired) electrons. The second-order valence-electron chi connectivity index (χ2n) is 2.51. The van der Waals surface area contributed by atoms with E-state index in [1.165, 1.54) is 0 Å². The topological polar surface area (TPSA) is 22.8 Å². The van der Waals surface area contributed by atoms with Gasteiger partial charge in [-0.15, -0.1) is 0 Å². The van der Waals surface area contributed by atoms with Crippen molar-refractivity contribution in [3.05, 3.63) is 56.4 Å². The van der Waals surface area contributed by atoms with Gasteiger partial charge in [0.1, 0.15) is 0 Å². The van der Waals surface area contributed by atoms with Crippen LogP contribution in [0.2, 0.25) is 0 Å². The molecule has 2 aromatic rings. The summed E-state index contributed by atoms with van der Waals surface area (Å²) in [5.74, 6) is 0. The lowest BCUT2D eigenvalue weighted by Crippen LogP contribution is -1.73. The van der Waals surface area contributed by atoms with Crippen molar-refractivity contribution in [3.63, 3.8) is 0 Å². The van der Waals surface area contributed by atoms with Crippen molar-refractivity contribution < 1.29 is 0 Å². The van der Waals surface area contributed by atoms with Crippen LogP contribution in [0, 0.1) is 0 Å². The number of hydrogen-bond donors (Lipinski definition) is 0. The number of hydrogen-bond acceptors (Lipinski definition) is 1. The maximum absolute atomic E-state index is 3.78. The zero-order valence-electron chi connectivity index (χ0n) is 7.95. The first-order valence-electron chi connectivity index (χ1n) is 4.22. The first-order valence-corrected chi connectivity index (χ1v) is 4.22. The summed E-state index contributed by atoms with van der Waals surface area (Å²) >= 11 is 0. The molecule has 0 saturated carbocycles. The number of nitrogens with zero attached hydrogens (tertiary/aromatic N) is 3. The maximum atomic E-state index is 3.78. The molecule has 0 aliphatic heterocycles. The fraction of sp³-hybridized carbons (Fsp3) is 0.